The molecule has 0 atom stereocenters. The van der Waals surface area contributed by atoms with E-state index >= 15 is 0 Å². The zero-order valence-corrected chi connectivity index (χ0v) is 20.9. The molecular weight excluding hydrogens is 472 g/mol. The van der Waals surface area contributed by atoms with Gasteiger partial charge in [-0.15, -0.1) is 11.3 Å². The van der Waals surface area contributed by atoms with Gasteiger partial charge in [0.05, 0.1) is 17.7 Å². The van der Waals surface area contributed by atoms with Gasteiger partial charge in [0.1, 0.15) is 22.0 Å². The predicted molar refractivity (Wildman–Crippen MR) is 143 cm³/mol. The van der Waals surface area contributed by atoms with Gasteiger partial charge in [-0.2, -0.15) is 0 Å². The second-order valence-electron chi connectivity index (χ2n) is 8.38. The molecule has 0 radical (unpaired) electrons. The van der Waals surface area contributed by atoms with E-state index in [0.29, 0.717) is 38.5 Å². The van der Waals surface area contributed by atoms with Crippen LogP contribution in [0.1, 0.15) is 39.0 Å². The third kappa shape index (κ3) is 4.53. The molecular formula is C29H24N2O4S. The lowest BCUT2D eigenvalue weighted by Crippen LogP contribution is -2.15. The second-order valence-corrected chi connectivity index (χ2v) is 9.26. The number of esters is 1. The number of nitrogens with one attached hydrogen (secondary N) is 1. The summed E-state index contributed by atoms with van der Waals surface area (Å²) in [7, 11) is 0. The Morgan fingerprint density at radius 2 is 1.81 bits per heavy atom. The van der Waals surface area contributed by atoms with Crippen molar-refractivity contribution < 1.29 is 18.7 Å². The summed E-state index contributed by atoms with van der Waals surface area (Å²) >= 11 is 1.29. The lowest BCUT2D eigenvalue weighted by molar-refractivity contribution is 0.0529. The van der Waals surface area contributed by atoms with Crippen molar-refractivity contribution in [2.45, 2.75) is 20.8 Å². The number of anilines is 1. The van der Waals surface area contributed by atoms with Crippen LogP contribution in [0.5, 0.6) is 0 Å². The first kappa shape index (κ1) is 23.5. The standard InChI is InChI=1S/C29H24N2O4S/c1-4-34-29(33)26-22(19-12-9-17(2)10-13-19)16-36-28(26)31-27(32)21-15-24(25-14-11-18(3)35-25)30-23-8-6-5-7-20(21)23/h5-16H,4H2,1-3H3,(H,31,32). The van der Waals surface area contributed by atoms with E-state index in [1.807, 2.05) is 79.9 Å². The summed E-state index contributed by atoms with van der Waals surface area (Å²) in [6, 6.07) is 20.7. The van der Waals surface area contributed by atoms with Crippen molar-refractivity contribution in [1.29, 1.82) is 0 Å². The van der Waals surface area contributed by atoms with E-state index in [1.54, 1.807) is 13.0 Å². The normalized spacial score (nSPS) is 11.0. The molecule has 1 amide bonds. The van der Waals surface area contributed by atoms with Crippen molar-refractivity contribution in [1.82, 2.24) is 4.98 Å². The summed E-state index contributed by atoms with van der Waals surface area (Å²) in [5, 5.41) is 5.97. The van der Waals surface area contributed by atoms with Gasteiger partial charge >= 0.3 is 5.97 Å². The highest BCUT2D eigenvalue weighted by Crippen LogP contribution is 2.37. The SMILES string of the molecule is CCOC(=O)c1c(-c2ccc(C)cc2)csc1NC(=O)c1cc(-c2ccc(C)o2)nc2ccccc12. The van der Waals surface area contributed by atoms with Gasteiger partial charge in [-0.1, -0.05) is 48.0 Å². The zero-order chi connectivity index (χ0) is 25.2. The molecule has 2 aromatic carbocycles. The first-order valence-electron chi connectivity index (χ1n) is 11.6. The van der Waals surface area contributed by atoms with E-state index in [-0.39, 0.29) is 12.5 Å². The molecule has 0 fully saturated rings. The number of nitrogens with zero attached hydrogens (tertiary/aromatic N) is 1. The largest absolute Gasteiger partial charge is 0.462 e. The minimum atomic E-state index is -0.476. The Kier molecular flexibility index (Phi) is 6.40. The van der Waals surface area contributed by atoms with Crippen molar-refractivity contribution >= 4 is 39.1 Å². The minimum Gasteiger partial charge on any atom is -0.462 e. The lowest BCUT2D eigenvalue weighted by atomic mass is 10.0. The quantitative estimate of drug-likeness (QED) is 0.250. The maximum Gasteiger partial charge on any atom is 0.341 e. The molecule has 0 aliphatic heterocycles. The summed E-state index contributed by atoms with van der Waals surface area (Å²) in [4.78, 5) is 31.3. The van der Waals surface area contributed by atoms with Crippen molar-refractivity contribution in [2.75, 3.05) is 11.9 Å². The van der Waals surface area contributed by atoms with E-state index in [9.17, 15) is 9.59 Å². The number of carbonyl (C=O) groups excluding carboxylic acids is 2. The number of benzene rings is 2. The molecule has 5 aromatic rings. The van der Waals surface area contributed by atoms with E-state index in [4.69, 9.17) is 9.15 Å². The fourth-order valence-corrected chi connectivity index (χ4v) is 4.99. The number of para-hydroxylation sites is 1. The number of aromatic nitrogens is 1. The Labute approximate surface area is 212 Å². The van der Waals surface area contributed by atoms with E-state index < -0.39 is 5.97 Å². The van der Waals surface area contributed by atoms with Crippen LogP contribution in [0.25, 0.3) is 33.5 Å². The zero-order valence-electron chi connectivity index (χ0n) is 20.1. The van der Waals surface area contributed by atoms with Crippen molar-refractivity contribution in [2.24, 2.45) is 0 Å². The fourth-order valence-electron chi connectivity index (χ4n) is 4.03. The molecule has 0 spiro atoms. The molecule has 0 unspecified atom stereocenters. The Morgan fingerprint density at radius 3 is 2.53 bits per heavy atom. The molecule has 7 heteroatoms. The fraction of sp³-hybridized carbons (Fsp3) is 0.138. The topological polar surface area (TPSA) is 81.4 Å². The highest BCUT2D eigenvalue weighted by Gasteiger charge is 2.24. The van der Waals surface area contributed by atoms with Crippen LogP contribution in [0.3, 0.4) is 0 Å². The van der Waals surface area contributed by atoms with Crippen LogP contribution in [0.2, 0.25) is 0 Å². The monoisotopic (exact) mass is 496 g/mol. The van der Waals surface area contributed by atoms with Gasteiger partial charge in [0.25, 0.3) is 5.91 Å². The number of hydrogen-bond donors (Lipinski definition) is 1. The number of aryl methyl sites for hydroxylation is 2. The maximum atomic E-state index is 13.6. The average molecular weight is 497 g/mol. The number of furan rings is 1. The number of rotatable bonds is 6. The Morgan fingerprint density at radius 1 is 1.03 bits per heavy atom. The first-order valence-corrected chi connectivity index (χ1v) is 12.5. The van der Waals surface area contributed by atoms with Gasteiger partial charge in [-0.05, 0) is 50.6 Å². The third-order valence-electron chi connectivity index (χ3n) is 5.81. The molecule has 0 bridgehead atoms. The summed E-state index contributed by atoms with van der Waals surface area (Å²) in [6.07, 6.45) is 0. The van der Waals surface area contributed by atoms with Gasteiger partial charge in [0, 0.05) is 16.3 Å². The predicted octanol–water partition coefficient (Wildman–Crippen LogP) is 7.27. The van der Waals surface area contributed by atoms with Crippen LogP contribution in [0, 0.1) is 13.8 Å². The van der Waals surface area contributed by atoms with Gasteiger partial charge < -0.3 is 14.5 Å². The smallest absolute Gasteiger partial charge is 0.341 e. The van der Waals surface area contributed by atoms with Crippen molar-refractivity contribution in [3.05, 3.63) is 94.6 Å². The lowest BCUT2D eigenvalue weighted by Gasteiger charge is -2.11. The molecule has 6 nitrogen and oxygen atoms in total. The van der Waals surface area contributed by atoms with Crippen LogP contribution in [-0.2, 0) is 4.74 Å². The van der Waals surface area contributed by atoms with E-state index in [0.717, 1.165) is 22.5 Å². The number of pyridine rings is 1. The summed E-state index contributed by atoms with van der Waals surface area (Å²) < 4.78 is 11.1. The summed E-state index contributed by atoms with van der Waals surface area (Å²) in [5.74, 6) is 0.515. The van der Waals surface area contributed by atoms with Gasteiger partial charge in [-0.3, -0.25) is 4.79 Å². The molecule has 36 heavy (non-hydrogen) atoms. The van der Waals surface area contributed by atoms with Crippen LogP contribution in [-0.4, -0.2) is 23.5 Å². The molecule has 0 aliphatic rings. The maximum absolute atomic E-state index is 13.6. The molecule has 0 aliphatic carbocycles. The molecule has 5 rings (SSSR count). The van der Waals surface area contributed by atoms with Crippen LogP contribution < -0.4 is 5.32 Å². The first-order chi connectivity index (χ1) is 17.4. The number of ether oxygens (including phenoxy) is 1. The summed E-state index contributed by atoms with van der Waals surface area (Å²) in [5.41, 5.74) is 4.73. The molecule has 0 saturated carbocycles. The Balaban J connectivity index is 1.57. The number of fused-ring (bicyclic) bond motifs is 1. The highest BCUT2D eigenvalue weighted by atomic mass is 32.1. The molecule has 180 valence electrons. The van der Waals surface area contributed by atoms with E-state index in [1.165, 1.54) is 11.3 Å². The number of amides is 1. The highest BCUT2D eigenvalue weighted by molar-refractivity contribution is 7.15. The second kappa shape index (κ2) is 9.79. The number of carbonyl (C=O) groups is 2. The van der Waals surface area contributed by atoms with Crippen LogP contribution in [0.4, 0.5) is 5.00 Å². The Hall–Kier alpha value is -4.23. The minimum absolute atomic E-state index is 0.232. The third-order valence-corrected chi connectivity index (χ3v) is 6.71. The van der Waals surface area contributed by atoms with E-state index in [2.05, 4.69) is 10.3 Å². The summed E-state index contributed by atoms with van der Waals surface area (Å²) in [6.45, 7) is 5.86. The molecule has 0 saturated heterocycles. The van der Waals surface area contributed by atoms with Crippen molar-refractivity contribution in [3.8, 4) is 22.6 Å². The van der Waals surface area contributed by atoms with Gasteiger partial charge in [0.2, 0.25) is 0 Å². The number of thiophene rings is 1. The number of hydrogen-bond acceptors (Lipinski definition) is 6. The Bertz CT molecular complexity index is 1580. The average Bonchev–Trinajstić information content (AvgIpc) is 3.50. The molecule has 3 aromatic heterocycles. The molecule has 3 heterocycles. The van der Waals surface area contributed by atoms with Crippen LogP contribution >= 0.6 is 11.3 Å². The van der Waals surface area contributed by atoms with Gasteiger partial charge in [-0.25, -0.2) is 9.78 Å². The van der Waals surface area contributed by atoms with Crippen molar-refractivity contribution in [3.63, 3.8) is 0 Å². The van der Waals surface area contributed by atoms with Gasteiger partial charge in [0.15, 0.2) is 5.76 Å². The molecule has 1 N–H and O–H groups in total. The van der Waals surface area contributed by atoms with Crippen LogP contribution in [0.15, 0.2) is 76.5 Å².